The van der Waals surface area contributed by atoms with Crippen molar-refractivity contribution < 1.29 is 80.2 Å². The molecule has 0 aliphatic rings. The number of aliphatic hydroxyl groups excluding tert-OH is 1. The van der Waals surface area contributed by atoms with Crippen LogP contribution in [0, 0.1) is 11.8 Å². The summed E-state index contributed by atoms with van der Waals surface area (Å²) in [4.78, 5) is 73.2. The summed E-state index contributed by atoms with van der Waals surface area (Å²) in [6.45, 7) is 9.65. The summed E-state index contributed by atoms with van der Waals surface area (Å²) < 4.78 is 68.9. The van der Waals surface area contributed by atoms with Gasteiger partial charge in [0.15, 0.2) is 12.2 Å². The van der Waals surface area contributed by atoms with Crippen molar-refractivity contribution in [1.29, 1.82) is 0 Å². The van der Waals surface area contributed by atoms with E-state index in [2.05, 4.69) is 41.5 Å². The Bertz CT molecular complexity index is 1990. The van der Waals surface area contributed by atoms with Gasteiger partial charge in [0, 0.05) is 25.7 Å². The zero-order valence-corrected chi connectivity index (χ0v) is 70.1. The fourth-order valence-corrected chi connectivity index (χ4v) is 14.8. The molecule has 0 aromatic carbocycles. The molecule has 0 saturated heterocycles. The van der Waals surface area contributed by atoms with Crippen molar-refractivity contribution in [3.8, 4) is 0 Å². The molecule has 2 unspecified atom stereocenters. The molecule has 0 fully saturated rings. The van der Waals surface area contributed by atoms with Crippen LogP contribution in [0.15, 0.2) is 0 Å². The van der Waals surface area contributed by atoms with Gasteiger partial charge >= 0.3 is 39.5 Å². The number of carbonyl (C=O) groups is 4. The molecule has 0 heterocycles. The molecule has 0 bridgehead atoms. The van der Waals surface area contributed by atoms with Crippen molar-refractivity contribution in [2.24, 2.45) is 11.8 Å². The highest BCUT2D eigenvalue weighted by Crippen LogP contribution is 2.45. The highest BCUT2D eigenvalue weighted by atomic mass is 31.2. The van der Waals surface area contributed by atoms with Gasteiger partial charge < -0.3 is 33.8 Å². The van der Waals surface area contributed by atoms with Gasteiger partial charge in [0.2, 0.25) is 0 Å². The molecule has 17 nitrogen and oxygen atoms in total. The topological polar surface area (TPSA) is 237 Å². The molecule has 0 radical (unpaired) electrons. The molecule has 0 spiro atoms. The van der Waals surface area contributed by atoms with E-state index in [0.717, 1.165) is 102 Å². The van der Waals surface area contributed by atoms with E-state index in [9.17, 15) is 43.2 Å². The van der Waals surface area contributed by atoms with E-state index in [1.807, 2.05) is 0 Å². The average molecular weight is 1520 g/mol. The van der Waals surface area contributed by atoms with Gasteiger partial charge in [-0.05, 0) is 37.5 Å². The van der Waals surface area contributed by atoms with Crippen LogP contribution in [-0.2, 0) is 65.4 Å². The summed E-state index contributed by atoms with van der Waals surface area (Å²) in [5.74, 6) is -0.587. The molecule has 0 aliphatic heterocycles. The Labute approximate surface area is 638 Å². The zero-order chi connectivity index (χ0) is 76.4. The molecular weight excluding hydrogens is 1350 g/mol. The van der Waals surface area contributed by atoms with Crippen LogP contribution in [0.3, 0.4) is 0 Å². The van der Waals surface area contributed by atoms with Crippen LogP contribution in [0.5, 0.6) is 0 Å². The van der Waals surface area contributed by atoms with E-state index in [0.29, 0.717) is 25.7 Å². The smallest absolute Gasteiger partial charge is 0.462 e. The summed E-state index contributed by atoms with van der Waals surface area (Å²) in [7, 11) is -9.93. The second-order valence-electron chi connectivity index (χ2n) is 31.5. The standard InChI is InChI=1S/C85H166O17P2/c1-7-9-11-13-15-17-19-21-23-24-25-26-27-28-29-31-35-40-44-52-58-64-70-84(89)101-80(73-95-82(87)67-61-55-49-42-38-36-32-33-37-41-47-53-59-65-77(3)4)75-99-103(91,92)97-71-79(86)72-98-104(93,94)100-76-81(74-96-83(88)68-62-56-50-46-45-48-54-60-66-78(5)6)102-85(90)69-63-57-51-43-39-34-30-22-20-18-16-14-12-10-8-2/h77-81,86H,7-76H2,1-6H3,(H,91,92)(H,93,94)/t79-,80-,81-/m1/s1. The number of carbonyl (C=O) groups excluding carboxylic acids is 4. The number of unbranched alkanes of at least 4 members (excludes halogenated alkanes) is 54. The van der Waals surface area contributed by atoms with Crippen molar-refractivity contribution in [3.05, 3.63) is 0 Å². The Balaban J connectivity index is 5.23. The monoisotopic (exact) mass is 1520 g/mol. The number of phosphoric acid groups is 2. The molecule has 0 aromatic rings. The van der Waals surface area contributed by atoms with Gasteiger partial charge in [0.05, 0.1) is 26.4 Å². The largest absolute Gasteiger partial charge is 0.472 e. The quantitative estimate of drug-likeness (QED) is 0.0222. The first-order valence-corrected chi connectivity index (χ1v) is 47.0. The molecule has 3 N–H and O–H groups in total. The van der Waals surface area contributed by atoms with Crippen LogP contribution >= 0.6 is 15.6 Å². The first kappa shape index (κ1) is 102. The Morgan fingerprint density at radius 1 is 0.260 bits per heavy atom. The number of aliphatic hydroxyl groups is 1. The minimum Gasteiger partial charge on any atom is -0.462 e. The molecule has 0 aromatic heterocycles. The molecule has 0 amide bonds. The van der Waals surface area contributed by atoms with Gasteiger partial charge in [-0.25, -0.2) is 9.13 Å². The second kappa shape index (κ2) is 76.4. The molecule has 0 aliphatic carbocycles. The summed E-state index contributed by atoms with van der Waals surface area (Å²) in [6, 6.07) is 0. The maximum absolute atomic E-state index is 13.1. The van der Waals surface area contributed by atoms with E-state index in [4.69, 9.17) is 37.0 Å². The fraction of sp³-hybridized carbons (Fsp3) is 0.953. The first-order valence-electron chi connectivity index (χ1n) is 44.0. The predicted molar refractivity (Wildman–Crippen MR) is 428 cm³/mol. The van der Waals surface area contributed by atoms with Gasteiger partial charge in [-0.15, -0.1) is 0 Å². The lowest BCUT2D eigenvalue weighted by atomic mass is 10.0. The Morgan fingerprint density at radius 2 is 0.442 bits per heavy atom. The highest BCUT2D eigenvalue weighted by molar-refractivity contribution is 7.47. The van der Waals surface area contributed by atoms with E-state index >= 15 is 0 Å². The molecular formula is C85H166O17P2. The van der Waals surface area contributed by atoms with Crippen molar-refractivity contribution in [1.82, 2.24) is 0 Å². The zero-order valence-electron chi connectivity index (χ0n) is 68.3. The minimum atomic E-state index is -4.96. The second-order valence-corrected chi connectivity index (χ2v) is 34.4. The van der Waals surface area contributed by atoms with Crippen LogP contribution in [0.25, 0.3) is 0 Å². The lowest BCUT2D eigenvalue weighted by Gasteiger charge is -2.21. The van der Waals surface area contributed by atoms with Crippen LogP contribution in [0.4, 0.5) is 0 Å². The lowest BCUT2D eigenvalue weighted by Crippen LogP contribution is -2.30. The van der Waals surface area contributed by atoms with Crippen LogP contribution in [0.1, 0.15) is 452 Å². The third-order valence-electron chi connectivity index (χ3n) is 20.0. The molecule has 618 valence electrons. The Kier molecular flexibility index (Phi) is 75.0. The molecule has 0 saturated carbocycles. The number of hydrogen-bond donors (Lipinski definition) is 3. The minimum absolute atomic E-state index is 0.108. The highest BCUT2D eigenvalue weighted by Gasteiger charge is 2.30. The van der Waals surface area contributed by atoms with E-state index in [1.54, 1.807) is 0 Å². The van der Waals surface area contributed by atoms with Gasteiger partial charge in [0.25, 0.3) is 0 Å². The maximum atomic E-state index is 13.1. The fourth-order valence-electron chi connectivity index (χ4n) is 13.2. The molecule has 5 atom stereocenters. The van der Waals surface area contributed by atoms with E-state index in [1.165, 1.54) is 270 Å². The number of ether oxygens (including phenoxy) is 4. The number of esters is 4. The van der Waals surface area contributed by atoms with Crippen molar-refractivity contribution in [3.63, 3.8) is 0 Å². The Hall–Kier alpha value is -1.94. The van der Waals surface area contributed by atoms with Crippen molar-refractivity contribution in [2.75, 3.05) is 39.6 Å². The van der Waals surface area contributed by atoms with Gasteiger partial charge in [-0.2, -0.15) is 0 Å². The molecule has 104 heavy (non-hydrogen) atoms. The van der Waals surface area contributed by atoms with Gasteiger partial charge in [-0.1, -0.05) is 401 Å². The third kappa shape index (κ3) is 78.2. The maximum Gasteiger partial charge on any atom is 0.472 e. The first-order chi connectivity index (χ1) is 50.4. The van der Waals surface area contributed by atoms with Crippen LogP contribution in [-0.4, -0.2) is 96.7 Å². The van der Waals surface area contributed by atoms with Crippen LogP contribution in [0.2, 0.25) is 0 Å². The molecule has 19 heteroatoms. The summed E-state index contributed by atoms with van der Waals surface area (Å²) >= 11 is 0. The Morgan fingerprint density at radius 3 is 0.654 bits per heavy atom. The van der Waals surface area contributed by atoms with Gasteiger partial charge in [-0.3, -0.25) is 37.3 Å². The number of phosphoric ester groups is 2. The van der Waals surface area contributed by atoms with Crippen LogP contribution < -0.4 is 0 Å². The number of hydrogen-bond acceptors (Lipinski definition) is 15. The average Bonchev–Trinajstić information content (AvgIpc) is 0.908. The summed E-state index contributed by atoms with van der Waals surface area (Å²) in [6.07, 6.45) is 68.1. The normalized spacial score (nSPS) is 13.8. The summed E-state index contributed by atoms with van der Waals surface area (Å²) in [5.41, 5.74) is 0. The van der Waals surface area contributed by atoms with E-state index in [-0.39, 0.29) is 25.7 Å². The lowest BCUT2D eigenvalue weighted by molar-refractivity contribution is -0.161. The molecule has 0 rings (SSSR count). The summed E-state index contributed by atoms with van der Waals surface area (Å²) in [5, 5.41) is 10.7. The van der Waals surface area contributed by atoms with E-state index < -0.39 is 97.5 Å². The third-order valence-corrected chi connectivity index (χ3v) is 21.9. The van der Waals surface area contributed by atoms with Crippen molar-refractivity contribution >= 4 is 39.5 Å². The predicted octanol–water partition coefficient (Wildman–Crippen LogP) is 25.8. The van der Waals surface area contributed by atoms with Gasteiger partial charge in [0.1, 0.15) is 19.3 Å². The SMILES string of the molecule is CCCCCCCCCCCCCCCCCCCCCCCCC(=O)O[C@H](COC(=O)CCCCCCCCCCCCCCCC(C)C)COP(=O)(O)OC[C@@H](O)COP(=O)(O)OC[C@@H](COC(=O)CCCCCCCCCCC(C)C)OC(=O)CCCCCCCCCCCCCCCCC. The van der Waals surface area contributed by atoms with Crippen molar-refractivity contribution in [2.45, 2.75) is 471 Å². The number of rotatable bonds is 84.